The van der Waals surface area contributed by atoms with Gasteiger partial charge in [-0.3, -0.25) is 9.59 Å². The highest BCUT2D eigenvalue weighted by molar-refractivity contribution is 7.21. The molecule has 0 bridgehead atoms. The molecule has 5 rings (SSSR count). The van der Waals surface area contributed by atoms with E-state index in [1.807, 2.05) is 72.5 Å². The zero-order valence-electron chi connectivity index (χ0n) is 19.1. The van der Waals surface area contributed by atoms with E-state index < -0.39 is 0 Å². The highest BCUT2D eigenvalue weighted by Crippen LogP contribution is 2.37. The average molecular weight is 524 g/mol. The summed E-state index contributed by atoms with van der Waals surface area (Å²) >= 11 is 13.8. The maximum atomic E-state index is 12.8. The summed E-state index contributed by atoms with van der Waals surface area (Å²) in [6, 6.07) is 20.9. The SMILES string of the molecule is Cc1ccc(C(=O)N2CCN(c3ccc(NC(=O)c4sc5cc(Cl)ccc5c4Cl)cc3)CC2)cc1. The maximum Gasteiger partial charge on any atom is 0.267 e. The summed E-state index contributed by atoms with van der Waals surface area (Å²) in [4.78, 5) is 30.2. The normalized spacial score (nSPS) is 13.8. The number of anilines is 2. The van der Waals surface area contributed by atoms with Crippen LogP contribution in [-0.2, 0) is 0 Å². The van der Waals surface area contributed by atoms with Gasteiger partial charge >= 0.3 is 0 Å². The lowest BCUT2D eigenvalue weighted by Crippen LogP contribution is -2.48. The van der Waals surface area contributed by atoms with E-state index >= 15 is 0 Å². The lowest BCUT2D eigenvalue weighted by atomic mass is 10.1. The number of hydrogen-bond acceptors (Lipinski definition) is 4. The first-order chi connectivity index (χ1) is 16.9. The highest BCUT2D eigenvalue weighted by atomic mass is 35.5. The Balaban J connectivity index is 1.20. The van der Waals surface area contributed by atoms with Gasteiger partial charge in [0.25, 0.3) is 11.8 Å². The molecule has 3 aromatic carbocycles. The van der Waals surface area contributed by atoms with Crippen LogP contribution in [-0.4, -0.2) is 42.9 Å². The van der Waals surface area contributed by atoms with Crippen molar-refractivity contribution in [3.8, 4) is 0 Å². The van der Waals surface area contributed by atoms with Gasteiger partial charge in [-0.05, 0) is 55.5 Å². The summed E-state index contributed by atoms with van der Waals surface area (Å²) < 4.78 is 0.878. The van der Waals surface area contributed by atoms with E-state index in [-0.39, 0.29) is 11.8 Å². The van der Waals surface area contributed by atoms with Crippen molar-refractivity contribution in [3.63, 3.8) is 0 Å². The number of carbonyl (C=O) groups excluding carboxylic acids is 2. The number of carbonyl (C=O) groups is 2. The van der Waals surface area contributed by atoms with E-state index in [4.69, 9.17) is 23.2 Å². The van der Waals surface area contributed by atoms with Crippen molar-refractivity contribution in [1.29, 1.82) is 0 Å². The standard InChI is InChI=1S/C27H23Cl2N3O2S/c1-17-2-4-18(5-3-17)27(34)32-14-12-31(13-15-32)21-9-7-20(8-10-21)30-26(33)25-24(29)22-11-6-19(28)16-23(22)35-25/h2-11,16H,12-15H2,1H3,(H,30,33). The Hall–Kier alpha value is -3.06. The fourth-order valence-corrected chi connectivity index (χ4v) is 5.86. The summed E-state index contributed by atoms with van der Waals surface area (Å²) in [5.74, 6) is -0.173. The molecule has 5 nitrogen and oxygen atoms in total. The third-order valence-corrected chi connectivity index (χ3v) is 8.04. The van der Waals surface area contributed by atoms with E-state index in [0.717, 1.165) is 40.0 Å². The number of hydrogen-bond donors (Lipinski definition) is 1. The Kier molecular flexibility index (Phi) is 6.69. The number of nitrogens with zero attached hydrogens (tertiary/aromatic N) is 2. The van der Waals surface area contributed by atoms with Crippen molar-refractivity contribution in [1.82, 2.24) is 4.90 Å². The van der Waals surface area contributed by atoms with Crippen LogP contribution in [0.3, 0.4) is 0 Å². The molecule has 1 aliphatic heterocycles. The second-order valence-corrected chi connectivity index (χ2v) is 10.4. The molecule has 35 heavy (non-hydrogen) atoms. The summed E-state index contributed by atoms with van der Waals surface area (Å²) in [6.45, 7) is 4.85. The van der Waals surface area contributed by atoms with Crippen LogP contribution < -0.4 is 10.2 Å². The molecule has 0 atom stereocenters. The Morgan fingerprint density at radius 2 is 1.57 bits per heavy atom. The maximum absolute atomic E-state index is 12.8. The minimum absolute atomic E-state index is 0.0740. The molecule has 1 saturated heterocycles. The second-order valence-electron chi connectivity index (χ2n) is 8.53. The van der Waals surface area contributed by atoms with Gasteiger partial charge in [0, 0.05) is 58.2 Å². The third-order valence-electron chi connectivity index (χ3n) is 6.15. The predicted molar refractivity (Wildman–Crippen MR) is 146 cm³/mol. The topological polar surface area (TPSA) is 52.7 Å². The molecule has 8 heteroatoms. The molecule has 2 heterocycles. The Bertz CT molecular complexity index is 1390. The number of halogens is 2. The molecule has 2 amide bonds. The van der Waals surface area contributed by atoms with Crippen molar-refractivity contribution in [3.05, 3.63) is 92.8 Å². The van der Waals surface area contributed by atoms with Crippen LogP contribution in [0.15, 0.2) is 66.7 Å². The zero-order chi connectivity index (χ0) is 24.5. The molecule has 0 unspecified atom stereocenters. The Morgan fingerprint density at radius 3 is 2.26 bits per heavy atom. The van der Waals surface area contributed by atoms with Crippen LogP contribution in [0.4, 0.5) is 11.4 Å². The summed E-state index contributed by atoms with van der Waals surface area (Å²) in [5.41, 5.74) is 3.62. The van der Waals surface area contributed by atoms with Crippen LogP contribution >= 0.6 is 34.5 Å². The number of thiophene rings is 1. The number of fused-ring (bicyclic) bond motifs is 1. The number of rotatable bonds is 4. The van der Waals surface area contributed by atoms with Gasteiger partial charge in [0.15, 0.2) is 0 Å². The molecule has 0 saturated carbocycles. The minimum Gasteiger partial charge on any atom is -0.368 e. The van der Waals surface area contributed by atoms with E-state index in [2.05, 4.69) is 10.2 Å². The van der Waals surface area contributed by atoms with Crippen LogP contribution in [0.5, 0.6) is 0 Å². The molecule has 1 fully saturated rings. The molecule has 0 aliphatic carbocycles. The van der Waals surface area contributed by atoms with Crippen molar-refractivity contribution in [2.75, 3.05) is 36.4 Å². The van der Waals surface area contributed by atoms with E-state index in [1.54, 1.807) is 6.07 Å². The average Bonchev–Trinajstić information content (AvgIpc) is 3.20. The number of aryl methyl sites for hydroxylation is 1. The summed E-state index contributed by atoms with van der Waals surface area (Å²) in [7, 11) is 0. The molecule has 1 aliphatic rings. The van der Waals surface area contributed by atoms with E-state index in [1.165, 1.54) is 11.3 Å². The number of piperazine rings is 1. The fourth-order valence-electron chi connectivity index (χ4n) is 4.17. The number of nitrogens with one attached hydrogen (secondary N) is 1. The quantitative estimate of drug-likeness (QED) is 0.322. The van der Waals surface area contributed by atoms with Gasteiger partial charge in [-0.2, -0.15) is 0 Å². The largest absolute Gasteiger partial charge is 0.368 e. The number of amides is 2. The zero-order valence-corrected chi connectivity index (χ0v) is 21.4. The number of benzene rings is 3. The molecule has 0 spiro atoms. The van der Waals surface area contributed by atoms with Crippen molar-refractivity contribution in [2.45, 2.75) is 6.92 Å². The van der Waals surface area contributed by atoms with Gasteiger partial charge in [-0.1, -0.05) is 47.0 Å². The van der Waals surface area contributed by atoms with E-state index in [9.17, 15) is 9.59 Å². The lowest BCUT2D eigenvalue weighted by Gasteiger charge is -2.36. The smallest absolute Gasteiger partial charge is 0.267 e. The van der Waals surface area contributed by atoms with Gasteiger partial charge < -0.3 is 15.1 Å². The Labute approximate surface area is 217 Å². The lowest BCUT2D eigenvalue weighted by molar-refractivity contribution is 0.0746. The third kappa shape index (κ3) is 5.01. The van der Waals surface area contributed by atoms with Crippen LogP contribution in [0.25, 0.3) is 10.1 Å². The van der Waals surface area contributed by atoms with Crippen molar-refractivity contribution < 1.29 is 9.59 Å². The first-order valence-corrected chi connectivity index (χ1v) is 12.9. The molecular weight excluding hydrogens is 501 g/mol. The molecule has 1 aromatic heterocycles. The molecule has 4 aromatic rings. The highest BCUT2D eigenvalue weighted by Gasteiger charge is 2.22. The first-order valence-electron chi connectivity index (χ1n) is 11.3. The van der Waals surface area contributed by atoms with Gasteiger partial charge in [0.05, 0.1) is 5.02 Å². The molecule has 1 N–H and O–H groups in total. The second kappa shape index (κ2) is 9.90. The summed E-state index contributed by atoms with van der Waals surface area (Å²) in [6.07, 6.45) is 0. The predicted octanol–water partition coefficient (Wildman–Crippen LogP) is 6.73. The van der Waals surface area contributed by atoms with Gasteiger partial charge in [-0.25, -0.2) is 0 Å². The first kappa shape index (κ1) is 23.7. The monoisotopic (exact) mass is 523 g/mol. The van der Waals surface area contributed by atoms with Gasteiger partial charge in [0.2, 0.25) is 0 Å². The molecule has 178 valence electrons. The van der Waals surface area contributed by atoms with Crippen LogP contribution in [0, 0.1) is 6.92 Å². The Morgan fingerprint density at radius 1 is 0.886 bits per heavy atom. The van der Waals surface area contributed by atoms with Crippen LogP contribution in [0.2, 0.25) is 10.0 Å². The minimum atomic E-state index is -0.247. The molecule has 0 radical (unpaired) electrons. The van der Waals surface area contributed by atoms with E-state index in [0.29, 0.717) is 33.7 Å². The summed E-state index contributed by atoms with van der Waals surface area (Å²) in [5, 5.41) is 4.80. The van der Waals surface area contributed by atoms with Gasteiger partial charge in [0.1, 0.15) is 4.88 Å². The molecular formula is C27H23Cl2N3O2S. The van der Waals surface area contributed by atoms with Crippen LogP contribution in [0.1, 0.15) is 25.6 Å². The van der Waals surface area contributed by atoms with Gasteiger partial charge in [-0.15, -0.1) is 11.3 Å². The van der Waals surface area contributed by atoms with Crippen molar-refractivity contribution >= 4 is 67.8 Å². The van der Waals surface area contributed by atoms with Crippen molar-refractivity contribution in [2.24, 2.45) is 0 Å². The fraction of sp³-hybridized carbons (Fsp3) is 0.185.